The lowest BCUT2D eigenvalue weighted by Crippen LogP contribution is -2.48. The summed E-state index contributed by atoms with van der Waals surface area (Å²) in [5, 5.41) is 7.61. The summed E-state index contributed by atoms with van der Waals surface area (Å²) in [4.78, 5) is 9.69. The van der Waals surface area contributed by atoms with Crippen LogP contribution < -0.4 is 15.0 Å². The molecule has 0 spiro atoms. The molecule has 1 unspecified atom stereocenters. The van der Waals surface area contributed by atoms with Gasteiger partial charge in [-0.2, -0.15) is 31.3 Å². The zero-order valence-electron chi connectivity index (χ0n) is 17.6. The maximum Gasteiger partial charge on any atom is 0.433 e. The van der Waals surface area contributed by atoms with Crippen molar-refractivity contribution >= 4 is 17.3 Å². The molecule has 2 fully saturated rings. The van der Waals surface area contributed by atoms with Gasteiger partial charge in [-0.25, -0.2) is 4.52 Å². The minimum Gasteiger partial charge on any atom is -0.480 e. The van der Waals surface area contributed by atoms with Crippen molar-refractivity contribution in [3.05, 3.63) is 42.4 Å². The van der Waals surface area contributed by atoms with Crippen LogP contribution in [0.25, 0.3) is 5.65 Å². The van der Waals surface area contributed by atoms with E-state index in [1.54, 1.807) is 12.3 Å². The molecule has 0 radical (unpaired) electrons. The van der Waals surface area contributed by atoms with Crippen molar-refractivity contribution in [1.82, 2.24) is 19.6 Å². The van der Waals surface area contributed by atoms with Gasteiger partial charge in [-0.1, -0.05) is 0 Å². The Labute approximate surface area is 189 Å². The Kier molecular flexibility index (Phi) is 5.44. The fraction of sp³-hybridized carbons (Fsp3) is 0.476. The molecule has 1 N–H and O–H groups in total. The number of fused-ring (bicyclic) bond motifs is 3. The summed E-state index contributed by atoms with van der Waals surface area (Å²) in [6.07, 6.45) is -4.47. The molecule has 0 amide bonds. The fourth-order valence-electron chi connectivity index (χ4n) is 4.80. The summed E-state index contributed by atoms with van der Waals surface area (Å²) in [5.41, 5.74) is -0.277. The van der Waals surface area contributed by atoms with Gasteiger partial charge in [-0.05, 0) is 48.9 Å². The second-order valence-electron chi connectivity index (χ2n) is 8.55. The van der Waals surface area contributed by atoms with Crippen LogP contribution >= 0.6 is 0 Å². The predicted octanol–water partition coefficient (Wildman–Crippen LogP) is 4.41. The minimum atomic E-state index is -4.51. The molecular formula is C21H20F6N6O. The summed E-state index contributed by atoms with van der Waals surface area (Å²) < 4.78 is 83.0. The highest BCUT2D eigenvalue weighted by atomic mass is 19.4. The number of ether oxygens (including phenoxy) is 1. The minimum absolute atomic E-state index is 0.00266. The van der Waals surface area contributed by atoms with Gasteiger partial charge in [0.15, 0.2) is 18.0 Å². The monoisotopic (exact) mass is 486 g/mol. The molecule has 2 aliphatic rings. The van der Waals surface area contributed by atoms with Gasteiger partial charge >= 0.3 is 12.4 Å². The van der Waals surface area contributed by atoms with Crippen LogP contribution in [0, 0.1) is 11.8 Å². The molecule has 7 nitrogen and oxygen atoms in total. The van der Waals surface area contributed by atoms with Crippen LogP contribution in [-0.2, 0) is 6.18 Å². The van der Waals surface area contributed by atoms with Crippen molar-refractivity contribution in [2.45, 2.75) is 31.2 Å². The summed E-state index contributed by atoms with van der Waals surface area (Å²) in [7, 11) is 0. The van der Waals surface area contributed by atoms with Crippen molar-refractivity contribution < 1.29 is 31.1 Å². The van der Waals surface area contributed by atoms with Gasteiger partial charge in [-0.3, -0.25) is 4.98 Å². The Bertz CT molecular complexity index is 1160. The van der Waals surface area contributed by atoms with Crippen molar-refractivity contribution in [2.24, 2.45) is 11.8 Å². The van der Waals surface area contributed by atoms with Crippen LogP contribution in [-0.4, -0.2) is 51.5 Å². The quantitative estimate of drug-likeness (QED) is 0.539. The van der Waals surface area contributed by atoms with Gasteiger partial charge in [0, 0.05) is 37.2 Å². The number of rotatable bonds is 5. The summed E-state index contributed by atoms with van der Waals surface area (Å²) in [6, 6.07) is 5.56. The molecule has 1 aliphatic heterocycles. The molecule has 0 aromatic carbocycles. The van der Waals surface area contributed by atoms with Crippen LogP contribution in [0.15, 0.2) is 36.7 Å². The number of hydrogen-bond acceptors (Lipinski definition) is 6. The van der Waals surface area contributed by atoms with E-state index in [1.807, 2.05) is 4.90 Å². The standard InChI is InChI=1S/C21H20F6N6O/c22-20(23,24)11-34-15-2-1-7-33-18(15)30-19(31-33)29-17-12-3-4-13(17)10-32(9-12)14-5-6-28-16(8-14)21(25,26)27/h1-2,5-8,12-13,17H,3-4,9-11H2,(H,29,31)/t12-,13?,17-/m0/s1. The molecule has 3 aromatic heterocycles. The first kappa shape index (κ1) is 22.5. The Hall–Kier alpha value is -3.25. The molecule has 34 heavy (non-hydrogen) atoms. The SMILES string of the molecule is FC(F)(F)COc1cccn2nc(N[C@@H]3C4CC[C@H]3CN(c3ccnc(C(F)(F)F)c3)C4)nc12. The van der Waals surface area contributed by atoms with Gasteiger partial charge < -0.3 is 15.0 Å². The summed E-state index contributed by atoms with van der Waals surface area (Å²) >= 11 is 0. The molecular weight excluding hydrogens is 466 g/mol. The normalized spacial score (nSPS) is 22.9. The van der Waals surface area contributed by atoms with Crippen LogP contribution in [0.5, 0.6) is 5.75 Å². The average Bonchev–Trinajstić information content (AvgIpc) is 3.27. The number of anilines is 2. The van der Waals surface area contributed by atoms with Gasteiger partial charge in [0.1, 0.15) is 5.69 Å². The summed E-state index contributed by atoms with van der Waals surface area (Å²) in [6.45, 7) is -0.318. The molecule has 1 aliphatic carbocycles. The second-order valence-corrected chi connectivity index (χ2v) is 8.55. The largest absolute Gasteiger partial charge is 0.480 e. The average molecular weight is 486 g/mol. The lowest BCUT2D eigenvalue weighted by molar-refractivity contribution is -0.153. The Morgan fingerprint density at radius 3 is 2.47 bits per heavy atom. The van der Waals surface area contributed by atoms with E-state index in [-0.39, 0.29) is 35.2 Å². The topological polar surface area (TPSA) is 67.6 Å². The zero-order chi connectivity index (χ0) is 24.1. The number of nitrogens with one attached hydrogen (secondary N) is 1. The van der Waals surface area contributed by atoms with E-state index in [9.17, 15) is 26.3 Å². The molecule has 2 bridgehead atoms. The third kappa shape index (κ3) is 4.55. The van der Waals surface area contributed by atoms with Crippen LogP contribution in [0.3, 0.4) is 0 Å². The van der Waals surface area contributed by atoms with E-state index in [1.165, 1.54) is 22.8 Å². The third-order valence-corrected chi connectivity index (χ3v) is 6.25. The highest BCUT2D eigenvalue weighted by Crippen LogP contribution is 2.41. The lowest BCUT2D eigenvalue weighted by atomic mass is 9.92. The Balaban J connectivity index is 1.31. The van der Waals surface area contributed by atoms with Gasteiger partial charge in [0.2, 0.25) is 5.95 Å². The summed E-state index contributed by atoms with van der Waals surface area (Å²) in [5.74, 6) is 0.528. The first-order valence-electron chi connectivity index (χ1n) is 10.7. The number of nitrogens with zero attached hydrogens (tertiary/aromatic N) is 5. The molecule has 4 heterocycles. The fourth-order valence-corrected chi connectivity index (χ4v) is 4.80. The van der Waals surface area contributed by atoms with Gasteiger partial charge in [0.05, 0.1) is 0 Å². The van der Waals surface area contributed by atoms with E-state index in [0.717, 1.165) is 18.9 Å². The van der Waals surface area contributed by atoms with Crippen molar-refractivity contribution in [1.29, 1.82) is 0 Å². The van der Waals surface area contributed by atoms with Crippen LogP contribution in [0.1, 0.15) is 18.5 Å². The van der Waals surface area contributed by atoms with Crippen molar-refractivity contribution in [2.75, 3.05) is 29.9 Å². The predicted molar refractivity (Wildman–Crippen MR) is 110 cm³/mol. The molecule has 3 atom stereocenters. The van der Waals surface area contributed by atoms with Gasteiger partial charge in [-0.15, -0.1) is 5.10 Å². The van der Waals surface area contributed by atoms with Crippen molar-refractivity contribution in [3.63, 3.8) is 0 Å². The second kappa shape index (κ2) is 8.20. The highest BCUT2D eigenvalue weighted by molar-refractivity contribution is 5.56. The number of piperidine rings is 1. The van der Waals surface area contributed by atoms with Crippen LogP contribution in [0.2, 0.25) is 0 Å². The molecule has 5 rings (SSSR count). The van der Waals surface area contributed by atoms with E-state index in [4.69, 9.17) is 4.74 Å². The van der Waals surface area contributed by atoms with E-state index in [0.29, 0.717) is 18.8 Å². The van der Waals surface area contributed by atoms with Crippen LogP contribution in [0.4, 0.5) is 38.0 Å². The Morgan fingerprint density at radius 2 is 1.79 bits per heavy atom. The molecule has 1 saturated carbocycles. The van der Waals surface area contributed by atoms with E-state index < -0.39 is 24.7 Å². The van der Waals surface area contributed by atoms with E-state index >= 15 is 0 Å². The number of aromatic nitrogens is 4. The Morgan fingerprint density at radius 1 is 1.06 bits per heavy atom. The zero-order valence-corrected chi connectivity index (χ0v) is 17.6. The first-order chi connectivity index (χ1) is 16.1. The number of halogens is 6. The first-order valence-corrected chi connectivity index (χ1v) is 10.7. The lowest BCUT2D eigenvalue weighted by Gasteiger charge is -2.39. The number of pyridine rings is 2. The van der Waals surface area contributed by atoms with Gasteiger partial charge in [0.25, 0.3) is 0 Å². The molecule has 1 saturated heterocycles. The molecule has 182 valence electrons. The highest BCUT2D eigenvalue weighted by Gasteiger charge is 2.43. The molecule has 13 heteroatoms. The number of hydrogen-bond donors (Lipinski definition) is 1. The maximum absolute atomic E-state index is 13.1. The smallest absolute Gasteiger partial charge is 0.433 e. The third-order valence-electron chi connectivity index (χ3n) is 6.25. The molecule has 3 aromatic rings. The number of alkyl halides is 6. The maximum atomic E-state index is 13.1. The van der Waals surface area contributed by atoms with E-state index in [2.05, 4.69) is 20.4 Å². The van der Waals surface area contributed by atoms with Crippen molar-refractivity contribution in [3.8, 4) is 5.75 Å².